The quantitative estimate of drug-likeness (QED) is 0.650. The number of likely N-dealkylation sites (N-methyl/N-ethyl adjacent to an activating group) is 1. The smallest absolute Gasteiger partial charge is 0.324 e. The molecule has 0 aromatic carbocycles. The number of rotatable bonds is 3. The zero-order valence-corrected chi connectivity index (χ0v) is 10.1. The van der Waals surface area contributed by atoms with Crippen LogP contribution in [0, 0.1) is 10.1 Å². The van der Waals surface area contributed by atoms with Gasteiger partial charge in [0.1, 0.15) is 0 Å². The highest BCUT2D eigenvalue weighted by Crippen LogP contribution is 2.37. The molecular formula is C10H13N3O3S. The van der Waals surface area contributed by atoms with Gasteiger partial charge in [-0.15, -0.1) is 0 Å². The molecule has 1 aromatic heterocycles. The van der Waals surface area contributed by atoms with Gasteiger partial charge in [0.2, 0.25) is 5.91 Å². The molecule has 2 unspecified atom stereocenters. The average molecular weight is 255 g/mol. The summed E-state index contributed by atoms with van der Waals surface area (Å²) in [5.74, 6) is 0.0149. The Labute approximate surface area is 102 Å². The van der Waals surface area contributed by atoms with Crippen LogP contribution in [-0.2, 0) is 4.79 Å². The van der Waals surface area contributed by atoms with Gasteiger partial charge in [0.15, 0.2) is 0 Å². The molecule has 17 heavy (non-hydrogen) atoms. The fourth-order valence-electron chi connectivity index (χ4n) is 2.15. The highest BCUT2D eigenvalue weighted by atomic mass is 32.1. The predicted molar refractivity (Wildman–Crippen MR) is 63.7 cm³/mol. The Kier molecular flexibility index (Phi) is 3.12. The van der Waals surface area contributed by atoms with E-state index in [1.807, 2.05) is 6.92 Å². The molecule has 1 aliphatic heterocycles. The van der Waals surface area contributed by atoms with E-state index in [4.69, 9.17) is 5.73 Å². The molecule has 1 saturated heterocycles. The first-order valence-corrected chi connectivity index (χ1v) is 6.15. The van der Waals surface area contributed by atoms with Crippen LogP contribution in [0.2, 0.25) is 0 Å². The van der Waals surface area contributed by atoms with Crippen molar-refractivity contribution in [2.45, 2.75) is 25.4 Å². The molecule has 2 heterocycles. The molecule has 2 rings (SSSR count). The SMILES string of the molecule is CCN1C(=O)CC(N)C1c1ccc([N+](=O)[O-])s1. The lowest BCUT2D eigenvalue weighted by Crippen LogP contribution is -2.32. The average Bonchev–Trinajstić information content (AvgIpc) is 2.82. The van der Waals surface area contributed by atoms with E-state index in [1.165, 1.54) is 6.07 Å². The lowest BCUT2D eigenvalue weighted by atomic mass is 10.1. The molecule has 6 nitrogen and oxygen atoms in total. The maximum Gasteiger partial charge on any atom is 0.324 e. The zero-order valence-electron chi connectivity index (χ0n) is 9.33. The maximum atomic E-state index is 11.7. The summed E-state index contributed by atoms with van der Waals surface area (Å²) in [7, 11) is 0. The van der Waals surface area contributed by atoms with Crippen LogP contribution in [0.15, 0.2) is 12.1 Å². The van der Waals surface area contributed by atoms with E-state index in [0.29, 0.717) is 13.0 Å². The Balaban J connectivity index is 2.31. The van der Waals surface area contributed by atoms with Gasteiger partial charge in [0.05, 0.1) is 11.0 Å². The topological polar surface area (TPSA) is 89.5 Å². The fourth-order valence-corrected chi connectivity index (χ4v) is 3.16. The highest BCUT2D eigenvalue weighted by molar-refractivity contribution is 7.15. The Morgan fingerprint density at radius 2 is 2.35 bits per heavy atom. The largest absolute Gasteiger partial charge is 0.333 e. The number of thiophene rings is 1. The number of carbonyl (C=O) groups is 1. The number of nitrogens with two attached hydrogens (primary N) is 1. The van der Waals surface area contributed by atoms with Crippen molar-refractivity contribution in [3.05, 3.63) is 27.1 Å². The van der Waals surface area contributed by atoms with E-state index in [-0.39, 0.29) is 23.0 Å². The van der Waals surface area contributed by atoms with E-state index in [0.717, 1.165) is 16.2 Å². The summed E-state index contributed by atoms with van der Waals surface area (Å²) in [5, 5.41) is 10.7. The lowest BCUT2D eigenvalue weighted by Gasteiger charge is -2.24. The summed E-state index contributed by atoms with van der Waals surface area (Å²) in [6.07, 6.45) is 0.310. The van der Waals surface area contributed by atoms with Crippen molar-refractivity contribution in [1.82, 2.24) is 4.90 Å². The van der Waals surface area contributed by atoms with Crippen molar-refractivity contribution in [3.63, 3.8) is 0 Å². The van der Waals surface area contributed by atoms with Gasteiger partial charge in [-0.1, -0.05) is 11.3 Å². The highest BCUT2D eigenvalue weighted by Gasteiger charge is 2.38. The van der Waals surface area contributed by atoms with E-state index in [2.05, 4.69) is 0 Å². The van der Waals surface area contributed by atoms with E-state index in [9.17, 15) is 14.9 Å². The normalized spacial score (nSPS) is 24.4. The fraction of sp³-hybridized carbons (Fsp3) is 0.500. The molecule has 0 spiro atoms. The summed E-state index contributed by atoms with van der Waals surface area (Å²) < 4.78 is 0. The molecule has 1 fully saturated rings. The summed E-state index contributed by atoms with van der Waals surface area (Å²) in [6, 6.07) is 2.66. The van der Waals surface area contributed by atoms with E-state index >= 15 is 0 Å². The van der Waals surface area contributed by atoms with Crippen LogP contribution in [0.3, 0.4) is 0 Å². The second-order valence-electron chi connectivity index (χ2n) is 3.93. The minimum absolute atomic E-state index is 0.0149. The number of likely N-dealkylation sites (tertiary alicyclic amines) is 1. The van der Waals surface area contributed by atoms with E-state index in [1.54, 1.807) is 11.0 Å². The molecule has 92 valence electrons. The Bertz CT molecular complexity index is 459. The van der Waals surface area contributed by atoms with Gasteiger partial charge in [-0.25, -0.2) is 0 Å². The van der Waals surface area contributed by atoms with Gasteiger partial charge in [-0.05, 0) is 13.0 Å². The summed E-state index contributed by atoms with van der Waals surface area (Å²) >= 11 is 1.09. The Morgan fingerprint density at radius 1 is 1.65 bits per heavy atom. The number of carbonyl (C=O) groups excluding carboxylic acids is 1. The van der Waals surface area contributed by atoms with E-state index < -0.39 is 4.92 Å². The predicted octanol–water partition coefficient (Wildman–Crippen LogP) is 1.28. The molecular weight excluding hydrogens is 242 g/mol. The second kappa shape index (κ2) is 4.42. The third-order valence-electron chi connectivity index (χ3n) is 2.90. The van der Waals surface area contributed by atoms with Crippen LogP contribution in [0.5, 0.6) is 0 Å². The van der Waals surface area contributed by atoms with Crippen molar-refractivity contribution in [1.29, 1.82) is 0 Å². The van der Waals surface area contributed by atoms with Gasteiger partial charge in [0, 0.05) is 30.0 Å². The third-order valence-corrected chi connectivity index (χ3v) is 4.00. The van der Waals surface area contributed by atoms with Crippen LogP contribution < -0.4 is 5.73 Å². The second-order valence-corrected chi connectivity index (χ2v) is 5.02. The number of hydrogen-bond acceptors (Lipinski definition) is 5. The van der Waals surface area contributed by atoms with Gasteiger partial charge in [0.25, 0.3) is 0 Å². The van der Waals surface area contributed by atoms with Gasteiger partial charge in [-0.3, -0.25) is 14.9 Å². The summed E-state index contributed by atoms with van der Waals surface area (Å²) in [6.45, 7) is 2.45. The van der Waals surface area contributed by atoms with Gasteiger partial charge < -0.3 is 10.6 Å². The summed E-state index contributed by atoms with van der Waals surface area (Å²) in [5.41, 5.74) is 5.93. The van der Waals surface area contributed by atoms with Gasteiger partial charge in [-0.2, -0.15) is 0 Å². The number of amides is 1. The number of nitrogens with zero attached hydrogens (tertiary/aromatic N) is 2. The van der Waals surface area contributed by atoms with Crippen LogP contribution in [0.25, 0.3) is 0 Å². The molecule has 7 heteroatoms. The first kappa shape index (κ1) is 12.0. The monoisotopic (exact) mass is 255 g/mol. The Hall–Kier alpha value is -1.47. The molecule has 0 radical (unpaired) electrons. The molecule has 1 aromatic rings. The van der Waals surface area contributed by atoms with Gasteiger partial charge >= 0.3 is 5.00 Å². The van der Waals surface area contributed by atoms with Crippen molar-refractivity contribution in [2.24, 2.45) is 5.73 Å². The first-order chi connectivity index (χ1) is 8.04. The molecule has 2 atom stereocenters. The number of hydrogen-bond donors (Lipinski definition) is 1. The molecule has 0 saturated carbocycles. The minimum atomic E-state index is -0.424. The van der Waals surface area contributed by atoms with Crippen LogP contribution in [-0.4, -0.2) is 28.3 Å². The van der Waals surface area contributed by atoms with Crippen molar-refractivity contribution in [2.75, 3.05) is 6.54 Å². The molecule has 2 N–H and O–H groups in total. The first-order valence-electron chi connectivity index (χ1n) is 5.33. The third kappa shape index (κ3) is 2.03. The maximum absolute atomic E-state index is 11.7. The number of nitro groups is 1. The standard InChI is InChI=1S/C10H13N3O3S/c1-2-12-8(14)5-6(11)10(12)7-3-4-9(17-7)13(15)16/h3-4,6,10H,2,5,11H2,1H3. The summed E-state index contributed by atoms with van der Waals surface area (Å²) in [4.78, 5) is 24.3. The van der Waals surface area contributed by atoms with Crippen molar-refractivity contribution >= 4 is 22.2 Å². The lowest BCUT2D eigenvalue weighted by molar-refractivity contribution is -0.380. The van der Waals surface area contributed by atoms with Crippen molar-refractivity contribution < 1.29 is 9.72 Å². The molecule has 0 aliphatic carbocycles. The van der Waals surface area contributed by atoms with Crippen molar-refractivity contribution in [3.8, 4) is 0 Å². The zero-order chi connectivity index (χ0) is 12.6. The Morgan fingerprint density at radius 3 is 2.88 bits per heavy atom. The van der Waals surface area contributed by atoms with Crippen LogP contribution >= 0.6 is 11.3 Å². The minimum Gasteiger partial charge on any atom is -0.333 e. The molecule has 1 aliphatic rings. The molecule has 1 amide bonds. The van der Waals surface area contributed by atoms with Crippen LogP contribution in [0.4, 0.5) is 5.00 Å². The molecule has 0 bridgehead atoms. The van der Waals surface area contributed by atoms with Crippen LogP contribution in [0.1, 0.15) is 24.3 Å².